The van der Waals surface area contributed by atoms with Crippen LogP contribution in [0, 0.1) is 5.82 Å². The van der Waals surface area contributed by atoms with Crippen molar-refractivity contribution in [2.24, 2.45) is 0 Å². The Hall–Kier alpha value is -1.52. The molecule has 2 aromatic carbocycles. The van der Waals surface area contributed by atoms with Crippen LogP contribution in [0.2, 0.25) is 0 Å². The first kappa shape index (κ1) is 14.9. The van der Waals surface area contributed by atoms with Crippen molar-refractivity contribution >= 4 is 11.8 Å². The molecule has 0 amide bonds. The molecule has 106 valence electrons. The third-order valence-electron chi connectivity index (χ3n) is 2.95. The first-order chi connectivity index (χ1) is 9.74. The van der Waals surface area contributed by atoms with Crippen molar-refractivity contribution < 1.29 is 9.13 Å². The van der Waals surface area contributed by atoms with Crippen molar-refractivity contribution in [2.45, 2.75) is 17.2 Å². The van der Waals surface area contributed by atoms with Crippen LogP contribution < -0.4 is 10.1 Å². The summed E-state index contributed by atoms with van der Waals surface area (Å²) in [6.07, 6.45) is 0. The maximum atomic E-state index is 13.6. The Morgan fingerprint density at radius 3 is 2.70 bits per heavy atom. The van der Waals surface area contributed by atoms with Crippen molar-refractivity contribution in [3.8, 4) is 5.75 Å². The second-order valence-corrected chi connectivity index (χ2v) is 5.41. The summed E-state index contributed by atoms with van der Waals surface area (Å²) >= 11 is 1.48. The topological polar surface area (TPSA) is 21.3 Å². The van der Waals surface area contributed by atoms with Gasteiger partial charge in [0.15, 0.2) is 0 Å². The molecule has 0 heterocycles. The number of benzene rings is 2. The van der Waals surface area contributed by atoms with Crippen LogP contribution in [-0.2, 0) is 12.3 Å². The Morgan fingerprint density at radius 2 is 2.00 bits per heavy atom. The van der Waals surface area contributed by atoms with Gasteiger partial charge in [0, 0.05) is 22.8 Å². The van der Waals surface area contributed by atoms with E-state index in [1.165, 1.54) is 23.4 Å². The van der Waals surface area contributed by atoms with Gasteiger partial charge in [-0.25, -0.2) is 4.39 Å². The van der Waals surface area contributed by atoms with E-state index in [4.69, 9.17) is 4.74 Å². The first-order valence-corrected chi connectivity index (χ1v) is 7.41. The minimum atomic E-state index is -0.178. The minimum Gasteiger partial charge on any atom is -0.496 e. The molecule has 20 heavy (non-hydrogen) atoms. The van der Waals surface area contributed by atoms with Gasteiger partial charge < -0.3 is 10.1 Å². The minimum absolute atomic E-state index is 0.178. The highest BCUT2D eigenvalue weighted by Gasteiger charge is 2.07. The zero-order chi connectivity index (χ0) is 14.4. The average molecular weight is 291 g/mol. The molecule has 2 rings (SSSR count). The van der Waals surface area contributed by atoms with Crippen molar-refractivity contribution in [3.05, 3.63) is 59.4 Å². The number of hydrogen-bond donors (Lipinski definition) is 1. The highest BCUT2D eigenvalue weighted by atomic mass is 32.2. The predicted molar refractivity (Wildman–Crippen MR) is 81.7 cm³/mol. The number of ether oxygens (including phenoxy) is 1. The van der Waals surface area contributed by atoms with E-state index in [1.54, 1.807) is 19.2 Å². The molecule has 2 aromatic rings. The summed E-state index contributed by atoms with van der Waals surface area (Å²) in [6, 6.07) is 12.9. The van der Waals surface area contributed by atoms with Gasteiger partial charge in [-0.15, -0.1) is 11.8 Å². The molecule has 0 atom stereocenters. The van der Waals surface area contributed by atoms with Crippen LogP contribution in [-0.4, -0.2) is 14.2 Å². The smallest absolute Gasteiger partial charge is 0.136 e. The van der Waals surface area contributed by atoms with E-state index in [-0.39, 0.29) is 5.82 Å². The van der Waals surface area contributed by atoms with Crippen LogP contribution in [0.3, 0.4) is 0 Å². The lowest BCUT2D eigenvalue weighted by atomic mass is 10.1. The number of halogens is 1. The van der Waals surface area contributed by atoms with Crippen molar-refractivity contribution in [2.75, 3.05) is 14.2 Å². The average Bonchev–Trinajstić information content (AvgIpc) is 2.47. The molecule has 0 unspecified atom stereocenters. The van der Waals surface area contributed by atoms with E-state index in [0.29, 0.717) is 10.6 Å². The highest BCUT2D eigenvalue weighted by Crippen LogP contribution is 2.30. The maximum absolute atomic E-state index is 13.6. The highest BCUT2D eigenvalue weighted by molar-refractivity contribution is 7.98. The molecule has 0 spiro atoms. The van der Waals surface area contributed by atoms with Gasteiger partial charge >= 0.3 is 0 Å². The van der Waals surface area contributed by atoms with E-state index in [2.05, 4.69) is 11.4 Å². The van der Waals surface area contributed by atoms with E-state index in [9.17, 15) is 4.39 Å². The summed E-state index contributed by atoms with van der Waals surface area (Å²) in [5.74, 6) is 1.35. The molecule has 0 saturated heterocycles. The van der Waals surface area contributed by atoms with E-state index < -0.39 is 0 Å². The molecule has 0 aliphatic rings. The largest absolute Gasteiger partial charge is 0.496 e. The quantitative estimate of drug-likeness (QED) is 0.817. The van der Waals surface area contributed by atoms with E-state index >= 15 is 0 Å². The zero-order valence-electron chi connectivity index (χ0n) is 11.7. The van der Waals surface area contributed by atoms with Gasteiger partial charge in [0.1, 0.15) is 11.6 Å². The van der Waals surface area contributed by atoms with Gasteiger partial charge in [0.2, 0.25) is 0 Å². The van der Waals surface area contributed by atoms with E-state index in [0.717, 1.165) is 17.9 Å². The van der Waals surface area contributed by atoms with Gasteiger partial charge in [0.05, 0.1) is 7.11 Å². The molecule has 0 aromatic heterocycles. The van der Waals surface area contributed by atoms with Crippen molar-refractivity contribution in [3.63, 3.8) is 0 Å². The number of thioether (sulfide) groups is 1. The SMILES string of the molecule is CNCc1ccc(OC)c(CSc2ccccc2F)c1. The van der Waals surface area contributed by atoms with Crippen LogP contribution in [0.15, 0.2) is 47.4 Å². The monoisotopic (exact) mass is 291 g/mol. The Balaban J connectivity index is 2.15. The number of hydrogen-bond acceptors (Lipinski definition) is 3. The zero-order valence-corrected chi connectivity index (χ0v) is 12.5. The lowest BCUT2D eigenvalue weighted by Gasteiger charge is -2.11. The van der Waals surface area contributed by atoms with Gasteiger partial charge in [-0.05, 0) is 36.9 Å². The van der Waals surface area contributed by atoms with Crippen LogP contribution in [0.4, 0.5) is 4.39 Å². The Morgan fingerprint density at radius 1 is 1.20 bits per heavy atom. The standard InChI is InChI=1S/C16H18FNOS/c1-18-10-12-7-8-15(19-2)13(9-12)11-20-16-6-4-3-5-14(16)17/h3-9,18H,10-11H2,1-2H3. The lowest BCUT2D eigenvalue weighted by molar-refractivity contribution is 0.411. The third-order valence-corrected chi connectivity index (χ3v) is 4.04. The molecule has 0 aliphatic heterocycles. The second-order valence-electron chi connectivity index (χ2n) is 4.40. The summed E-state index contributed by atoms with van der Waals surface area (Å²) < 4.78 is 19.0. The second kappa shape index (κ2) is 7.31. The Labute approximate surface area is 123 Å². The van der Waals surface area contributed by atoms with Crippen molar-refractivity contribution in [1.82, 2.24) is 5.32 Å². The number of nitrogens with one attached hydrogen (secondary N) is 1. The fourth-order valence-corrected chi connectivity index (χ4v) is 2.89. The fraction of sp³-hybridized carbons (Fsp3) is 0.250. The predicted octanol–water partition coefficient (Wildman–Crippen LogP) is 3.85. The van der Waals surface area contributed by atoms with Gasteiger partial charge in [-0.3, -0.25) is 0 Å². The normalized spacial score (nSPS) is 10.6. The maximum Gasteiger partial charge on any atom is 0.136 e. The Kier molecular flexibility index (Phi) is 5.44. The van der Waals surface area contributed by atoms with Crippen molar-refractivity contribution in [1.29, 1.82) is 0 Å². The summed E-state index contributed by atoms with van der Waals surface area (Å²) in [7, 11) is 3.57. The summed E-state index contributed by atoms with van der Waals surface area (Å²) in [5.41, 5.74) is 2.27. The molecule has 0 aliphatic carbocycles. The number of rotatable bonds is 6. The number of methoxy groups -OCH3 is 1. The first-order valence-electron chi connectivity index (χ1n) is 6.42. The third kappa shape index (κ3) is 3.74. The van der Waals surface area contributed by atoms with Crippen LogP contribution in [0.25, 0.3) is 0 Å². The fourth-order valence-electron chi connectivity index (χ4n) is 1.98. The summed E-state index contributed by atoms with van der Waals surface area (Å²) in [4.78, 5) is 0.661. The Bertz CT molecular complexity index is 574. The molecular weight excluding hydrogens is 273 g/mol. The van der Waals surface area contributed by atoms with Crippen LogP contribution >= 0.6 is 11.8 Å². The molecule has 4 heteroatoms. The van der Waals surface area contributed by atoms with Crippen LogP contribution in [0.1, 0.15) is 11.1 Å². The molecule has 0 fully saturated rings. The molecule has 2 nitrogen and oxygen atoms in total. The van der Waals surface area contributed by atoms with Gasteiger partial charge in [-0.2, -0.15) is 0 Å². The lowest BCUT2D eigenvalue weighted by Crippen LogP contribution is -2.05. The van der Waals surface area contributed by atoms with Gasteiger partial charge in [-0.1, -0.05) is 18.2 Å². The molecule has 0 saturated carbocycles. The molecular formula is C16H18FNOS. The molecule has 0 bridgehead atoms. The summed E-state index contributed by atoms with van der Waals surface area (Å²) in [5, 5.41) is 3.12. The summed E-state index contributed by atoms with van der Waals surface area (Å²) in [6.45, 7) is 0.807. The van der Waals surface area contributed by atoms with Gasteiger partial charge in [0.25, 0.3) is 0 Å². The van der Waals surface area contributed by atoms with Crippen LogP contribution in [0.5, 0.6) is 5.75 Å². The molecule has 0 radical (unpaired) electrons. The van der Waals surface area contributed by atoms with E-state index in [1.807, 2.05) is 25.2 Å². The molecule has 1 N–H and O–H groups in total.